The highest BCUT2D eigenvalue weighted by Gasteiger charge is 2.34. The quantitative estimate of drug-likeness (QED) is 0.843. The Balaban J connectivity index is 2.09. The van der Waals surface area contributed by atoms with Gasteiger partial charge >= 0.3 is 5.97 Å². The van der Waals surface area contributed by atoms with E-state index in [1.165, 1.54) is 10.6 Å². The van der Waals surface area contributed by atoms with Crippen LogP contribution in [0.2, 0.25) is 0 Å². The first kappa shape index (κ1) is 15.7. The fraction of sp³-hybridized carbons (Fsp3) is 0.150. The Morgan fingerprint density at radius 2 is 1.48 bits per heavy atom. The maximum absolute atomic E-state index is 11.9. The Bertz CT molecular complexity index is 708. The molecule has 0 fully saturated rings. The van der Waals surface area contributed by atoms with Crippen LogP contribution in [0.25, 0.3) is 0 Å². The van der Waals surface area contributed by atoms with Gasteiger partial charge in [0.15, 0.2) is 0 Å². The first-order valence-corrected chi connectivity index (χ1v) is 9.10. The molecule has 1 unspecified atom stereocenters. The van der Waals surface area contributed by atoms with E-state index in [2.05, 4.69) is 24.3 Å². The van der Waals surface area contributed by atoms with Crippen molar-refractivity contribution < 1.29 is 9.90 Å². The lowest BCUT2D eigenvalue weighted by atomic mass is 10.0. The zero-order valence-corrected chi connectivity index (χ0v) is 13.9. The Hall–Kier alpha value is -2.18. The van der Waals surface area contributed by atoms with Crippen LogP contribution in [0, 0.1) is 5.92 Å². The third-order valence-corrected chi connectivity index (χ3v) is 6.63. The normalized spacial score (nSPS) is 17.0. The molecule has 1 aliphatic rings. The molecule has 0 aliphatic heterocycles. The molecule has 0 spiro atoms. The molecule has 0 radical (unpaired) electrons. The van der Waals surface area contributed by atoms with Gasteiger partial charge in [-0.15, -0.1) is 0 Å². The average molecular weight is 322 g/mol. The van der Waals surface area contributed by atoms with Crippen molar-refractivity contribution in [1.82, 2.24) is 0 Å². The van der Waals surface area contributed by atoms with Gasteiger partial charge in [0.25, 0.3) is 0 Å². The number of rotatable bonds is 5. The molecule has 3 rings (SSSR count). The predicted molar refractivity (Wildman–Crippen MR) is 96.7 cm³/mol. The maximum Gasteiger partial charge on any atom is 0.315 e. The number of carbonyl (C=O) groups is 1. The summed E-state index contributed by atoms with van der Waals surface area (Å²) in [6.45, 7) is 2.02. The molecule has 0 bridgehead atoms. The first-order valence-electron chi connectivity index (χ1n) is 7.76. The molecule has 23 heavy (non-hydrogen) atoms. The van der Waals surface area contributed by atoms with Gasteiger partial charge in [0.05, 0.1) is 0 Å². The average Bonchev–Trinajstić information content (AvgIpc) is 3.01. The summed E-state index contributed by atoms with van der Waals surface area (Å²) in [5, 5.41) is 13.2. The number of allylic oxidation sites excluding steroid dienone is 2. The molecule has 0 aromatic heterocycles. The lowest BCUT2D eigenvalue weighted by Gasteiger charge is -2.25. The molecular weight excluding hydrogens is 303 g/mol. The highest BCUT2D eigenvalue weighted by Crippen LogP contribution is 2.51. The van der Waals surface area contributed by atoms with Crippen molar-refractivity contribution in [2.75, 3.05) is 0 Å². The van der Waals surface area contributed by atoms with Crippen molar-refractivity contribution >= 4 is 24.5 Å². The van der Waals surface area contributed by atoms with E-state index in [-0.39, 0.29) is 0 Å². The fourth-order valence-electron chi connectivity index (χ4n) is 2.99. The van der Waals surface area contributed by atoms with Crippen LogP contribution in [-0.4, -0.2) is 11.1 Å². The van der Waals surface area contributed by atoms with Crippen LogP contribution in [0.15, 0.2) is 83.7 Å². The number of carboxylic acid groups (broad SMARTS) is 1. The van der Waals surface area contributed by atoms with E-state index in [0.717, 1.165) is 17.3 Å². The van der Waals surface area contributed by atoms with Crippen molar-refractivity contribution in [1.29, 1.82) is 0 Å². The van der Waals surface area contributed by atoms with E-state index in [0.29, 0.717) is 0 Å². The van der Waals surface area contributed by atoms with E-state index in [1.54, 1.807) is 0 Å². The van der Waals surface area contributed by atoms with Crippen molar-refractivity contribution in [3.63, 3.8) is 0 Å². The van der Waals surface area contributed by atoms with Crippen LogP contribution in [0.4, 0.5) is 0 Å². The van der Waals surface area contributed by atoms with Gasteiger partial charge in [0.1, 0.15) is 5.92 Å². The summed E-state index contributed by atoms with van der Waals surface area (Å²) in [6.07, 6.45) is 4.79. The van der Waals surface area contributed by atoms with E-state index in [4.69, 9.17) is 0 Å². The molecule has 2 aromatic rings. The van der Waals surface area contributed by atoms with Crippen LogP contribution >= 0.6 is 7.92 Å². The number of hydrogen-bond acceptors (Lipinski definition) is 1. The van der Waals surface area contributed by atoms with E-state index < -0.39 is 19.8 Å². The molecule has 3 heteroatoms. The standard InChI is InChI=1S/C20H19O2P/c1-2-15-13-14-18(19(15)20(21)22)23(16-9-5-3-6-10-16)17-11-7-4-8-12-17/h3-14,19H,2H2,1H3,(H,21,22). The predicted octanol–water partition coefficient (Wildman–Crippen LogP) is 4.05. The SMILES string of the molecule is CCC1=CC=C(P(c2ccccc2)c2ccccc2)C1C(=O)O. The molecule has 2 nitrogen and oxygen atoms in total. The van der Waals surface area contributed by atoms with E-state index in [1.807, 2.05) is 55.5 Å². The van der Waals surface area contributed by atoms with Crippen LogP contribution in [0.3, 0.4) is 0 Å². The summed E-state index contributed by atoms with van der Waals surface area (Å²) >= 11 is 0. The second-order valence-corrected chi connectivity index (χ2v) is 7.68. The van der Waals surface area contributed by atoms with Gasteiger partial charge in [-0.2, -0.15) is 0 Å². The fourth-order valence-corrected chi connectivity index (χ4v) is 5.58. The van der Waals surface area contributed by atoms with Gasteiger partial charge in [-0.3, -0.25) is 4.79 Å². The van der Waals surface area contributed by atoms with Crippen molar-refractivity contribution in [2.24, 2.45) is 5.92 Å². The second-order valence-electron chi connectivity index (χ2n) is 5.46. The highest BCUT2D eigenvalue weighted by molar-refractivity contribution is 7.76. The van der Waals surface area contributed by atoms with Gasteiger partial charge < -0.3 is 5.11 Å². The molecule has 116 valence electrons. The Kier molecular flexibility index (Phi) is 4.73. The summed E-state index contributed by atoms with van der Waals surface area (Å²) in [5.41, 5.74) is 0.992. The molecule has 1 aliphatic carbocycles. The third-order valence-electron chi connectivity index (χ3n) is 4.08. The van der Waals surface area contributed by atoms with Crippen LogP contribution in [0.5, 0.6) is 0 Å². The minimum Gasteiger partial charge on any atom is -0.481 e. The van der Waals surface area contributed by atoms with Crippen LogP contribution in [0.1, 0.15) is 13.3 Å². The van der Waals surface area contributed by atoms with Crippen molar-refractivity contribution in [3.05, 3.63) is 83.7 Å². The molecular formula is C20H19O2P. The monoisotopic (exact) mass is 322 g/mol. The van der Waals surface area contributed by atoms with Crippen LogP contribution in [-0.2, 0) is 4.79 Å². The van der Waals surface area contributed by atoms with Crippen molar-refractivity contribution in [3.8, 4) is 0 Å². The summed E-state index contributed by atoms with van der Waals surface area (Å²) < 4.78 is 0. The smallest absolute Gasteiger partial charge is 0.315 e. The van der Waals surface area contributed by atoms with Gasteiger partial charge in [0, 0.05) is 0 Å². The van der Waals surface area contributed by atoms with Gasteiger partial charge in [-0.25, -0.2) is 0 Å². The molecule has 2 aromatic carbocycles. The minimum atomic E-state index is -0.828. The number of hydrogen-bond donors (Lipinski definition) is 1. The molecule has 0 saturated carbocycles. The van der Waals surface area contributed by atoms with Gasteiger partial charge in [-0.05, 0) is 30.3 Å². The minimum absolute atomic E-state index is 0.494. The zero-order chi connectivity index (χ0) is 16.2. The largest absolute Gasteiger partial charge is 0.481 e. The van der Waals surface area contributed by atoms with E-state index >= 15 is 0 Å². The Morgan fingerprint density at radius 3 is 1.91 bits per heavy atom. The summed E-state index contributed by atoms with van der Waals surface area (Å²) in [7, 11) is -0.828. The number of benzene rings is 2. The maximum atomic E-state index is 11.9. The third kappa shape index (κ3) is 3.13. The molecule has 0 heterocycles. The first-order chi connectivity index (χ1) is 11.2. The lowest BCUT2D eigenvalue weighted by molar-refractivity contribution is -0.139. The molecule has 1 atom stereocenters. The number of aliphatic carboxylic acids is 1. The molecule has 0 amide bonds. The van der Waals surface area contributed by atoms with Crippen molar-refractivity contribution in [2.45, 2.75) is 13.3 Å². The second kappa shape index (κ2) is 6.93. The summed E-state index contributed by atoms with van der Waals surface area (Å²) in [6, 6.07) is 20.5. The van der Waals surface area contributed by atoms with Crippen LogP contribution < -0.4 is 10.6 Å². The molecule has 0 saturated heterocycles. The Labute approximate surface area is 137 Å². The Morgan fingerprint density at radius 1 is 0.957 bits per heavy atom. The zero-order valence-electron chi connectivity index (χ0n) is 13.0. The summed E-state index contributed by atoms with van der Waals surface area (Å²) in [5.74, 6) is -1.24. The van der Waals surface area contributed by atoms with E-state index in [9.17, 15) is 9.90 Å². The van der Waals surface area contributed by atoms with Gasteiger partial charge in [-0.1, -0.05) is 85.3 Å². The number of carboxylic acids is 1. The summed E-state index contributed by atoms with van der Waals surface area (Å²) in [4.78, 5) is 11.9. The van der Waals surface area contributed by atoms with Gasteiger partial charge in [0.2, 0.25) is 0 Å². The lowest BCUT2D eigenvalue weighted by Crippen LogP contribution is -2.21. The molecule has 1 N–H and O–H groups in total. The topological polar surface area (TPSA) is 37.3 Å². The highest BCUT2D eigenvalue weighted by atomic mass is 31.1.